The van der Waals surface area contributed by atoms with Crippen molar-refractivity contribution < 1.29 is 32.7 Å². The summed E-state index contributed by atoms with van der Waals surface area (Å²) in [5.41, 5.74) is 1.86. The van der Waals surface area contributed by atoms with Crippen LogP contribution in [0.3, 0.4) is 0 Å². The molecule has 2 aromatic heterocycles. The van der Waals surface area contributed by atoms with Gasteiger partial charge in [-0.05, 0) is 48.8 Å². The Morgan fingerprint density at radius 1 is 1.19 bits per heavy atom. The number of nitrogens with zero attached hydrogens (tertiary/aromatic N) is 3. The van der Waals surface area contributed by atoms with Gasteiger partial charge in [-0.15, -0.1) is 11.3 Å². The highest BCUT2D eigenvalue weighted by molar-refractivity contribution is 7.12. The number of likely N-dealkylation sites (tertiary alicyclic amines) is 1. The largest absolute Gasteiger partial charge is 0.490 e. The van der Waals surface area contributed by atoms with Crippen LogP contribution in [-0.2, 0) is 9.59 Å². The summed E-state index contributed by atoms with van der Waals surface area (Å²) in [4.78, 5) is 41.1. The first-order chi connectivity index (χ1) is 14.9. The molecule has 0 aromatic carbocycles. The van der Waals surface area contributed by atoms with E-state index in [9.17, 15) is 22.8 Å². The molecule has 1 atom stereocenters. The number of hydrogen-bond donors (Lipinski definition) is 1. The fourth-order valence-corrected chi connectivity index (χ4v) is 5.35. The first-order valence-electron chi connectivity index (χ1n) is 9.62. The van der Waals surface area contributed by atoms with Crippen molar-refractivity contribution in [2.24, 2.45) is 0 Å². The maximum atomic E-state index is 12.9. The second kappa shape index (κ2) is 9.20. The van der Waals surface area contributed by atoms with E-state index >= 15 is 0 Å². The van der Waals surface area contributed by atoms with Gasteiger partial charge >= 0.3 is 12.1 Å². The predicted molar refractivity (Wildman–Crippen MR) is 115 cm³/mol. The van der Waals surface area contributed by atoms with Crippen LogP contribution in [0.4, 0.5) is 18.9 Å². The fourth-order valence-electron chi connectivity index (χ4n) is 3.81. The second-order valence-corrected chi connectivity index (χ2v) is 9.45. The molecule has 2 saturated heterocycles. The average Bonchev–Trinajstić information content (AvgIpc) is 3.46. The highest BCUT2D eigenvalue weighted by Gasteiger charge is 2.49. The lowest BCUT2D eigenvalue weighted by Gasteiger charge is -2.46. The minimum Gasteiger partial charge on any atom is -0.475 e. The number of carbonyl (C=O) groups excluding carboxylic acids is 2. The van der Waals surface area contributed by atoms with Crippen molar-refractivity contribution in [2.75, 3.05) is 38.1 Å². The number of likely N-dealkylation sites (N-methyl/N-ethyl adjacent to an activating group) is 1. The number of carbonyl (C=O) groups is 3. The number of halogens is 3. The molecule has 2 aromatic rings. The summed E-state index contributed by atoms with van der Waals surface area (Å²) >= 11 is 3.11. The predicted octanol–water partition coefficient (Wildman–Crippen LogP) is 3.31. The molecular formula is C20H22F3N3O4S2. The van der Waals surface area contributed by atoms with Gasteiger partial charge in [-0.1, -0.05) is 0 Å². The smallest absolute Gasteiger partial charge is 0.475 e. The van der Waals surface area contributed by atoms with Gasteiger partial charge in [0.2, 0.25) is 5.91 Å². The van der Waals surface area contributed by atoms with E-state index in [0.717, 1.165) is 29.1 Å². The minimum absolute atomic E-state index is 0.122. The zero-order chi connectivity index (χ0) is 23.7. The van der Waals surface area contributed by atoms with Crippen LogP contribution in [0.25, 0.3) is 0 Å². The fraction of sp³-hybridized carbons (Fsp3) is 0.450. The molecule has 0 saturated carbocycles. The highest BCUT2D eigenvalue weighted by Crippen LogP contribution is 2.35. The van der Waals surface area contributed by atoms with Gasteiger partial charge in [-0.25, -0.2) is 4.79 Å². The Balaban J connectivity index is 0.000000360. The molecular weight excluding hydrogens is 467 g/mol. The van der Waals surface area contributed by atoms with Crippen LogP contribution in [0, 0.1) is 6.92 Å². The molecule has 1 spiro atoms. The zero-order valence-electron chi connectivity index (χ0n) is 17.4. The highest BCUT2D eigenvalue weighted by atomic mass is 32.1. The van der Waals surface area contributed by atoms with Crippen molar-refractivity contribution >= 4 is 46.1 Å². The van der Waals surface area contributed by atoms with E-state index in [2.05, 4.69) is 4.90 Å². The van der Waals surface area contributed by atoms with Crippen LogP contribution in [0.1, 0.15) is 21.7 Å². The summed E-state index contributed by atoms with van der Waals surface area (Å²) in [5, 5.41) is 13.1. The third-order valence-corrected chi connectivity index (χ3v) is 7.35. The van der Waals surface area contributed by atoms with Gasteiger partial charge < -0.3 is 14.9 Å². The molecule has 7 nitrogen and oxygen atoms in total. The number of aliphatic carboxylic acids is 1. The molecule has 2 amide bonds. The Kier molecular flexibility index (Phi) is 6.96. The molecule has 12 heteroatoms. The summed E-state index contributed by atoms with van der Waals surface area (Å²) < 4.78 is 31.7. The van der Waals surface area contributed by atoms with Crippen LogP contribution < -0.4 is 4.90 Å². The lowest BCUT2D eigenvalue weighted by molar-refractivity contribution is -0.192. The van der Waals surface area contributed by atoms with Gasteiger partial charge in [0.25, 0.3) is 5.91 Å². The number of anilines is 1. The van der Waals surface area contributed by atoms with E-state index in [0.29, 0.717) is 19.6 Å². The van der Waals surface area contributed by atoms with Crippen molar-refractivity contribution in [3.8, 4) is 0 Å². The third-order valence-electron chi connectivity index (χ3n) is 5.67. The van der Waals surface area contributed by atoms with Crippen molar-refractivity contribution in [3.63, 3.8) is 0 Å². The SMILES string of the molecule is Cc1ccsc1C(=O)N1CCC2(C1)CN(c1ccsc1)C(=O)CN2C.O=C(O)C(F)(F)F. The molecule has 0 bridgehead atoms. The summed E-state index contributed by atoms with van der Waals surface area (Å²) in [6.45, 7) is 4.45. The quantitative estimate of drug-likeness (QED) is 0.700. The molecule has 2 aliphatic rings. The van der Waals surface area contributed by atoms with E-state index < -0.39 is 12.1 Å². The van der Waals surface area contributed by atoms with Crippen LogP contribution in [0.2, 0.25) is 0 Å². The molecule has 0 radical (unpaired) electrons. The number of aryl methyl sites for hydroxylation is 1. The first kappa shape index (κ1) is 24.2. The number of amides is 2. The topological polar surface area (TPSA) is 81.2 Å². The Bertz CT molecular complexity index is 993. The summed E-state index contributed by atoms with van der Waals surface area (Å²) in [6.07, 6.45) is -4.19. The van der Waals surface area contributed by atoms with E-state index in [1.54, 1.807) is 11.3 Å². The molecule has 2 aliphatic heterocycles. The average molecular weight is 490 g/mol. The first-order valence-corrected chi connectivity index (χ1v) is 11.4. The van der Waals surface area contributed by atoms with Crippen LogP contribution in [0.5, 0.6) is 0 Å². The van der Waals surface area contributed by atoms with Crippen LogP contribution in [0.15, 0.2) is 28.3 Å². The maximum Gasteiger partial charge on any atom is 0.490 e. The van der Waals surface area contributed by atoms with Crippen LogP contribution >= 0.6 is 22.7 Å². The van der Waals surface area contributed by atoms with E-state index in [4.69, 9.17) is 9.90 Å². The van der Waals surface area contributed by atoms with Gasteiger partial charge in [0.05, 0.1) is 22.6 Å². The van der Waals surface area contributed by atoms with Gasteiger partial charge in [0, 0.05) is 25.0 Å². The van der Waals surface area contributed by atoms with Gasteiger partial charge in [-0.3, -0.25) is 14.5 Å². The standard InChI is InChI=1S/C18H21N3O2S2.C2HF3O2/c1-13-3-8-25-16(13)17(23)20-6-5-18(11-20)12-21(14-4-7-24-10-14)15(22)9-19(18)2;3-2(4,5)1(6)7/h3-4,7-8,10H,5-6,9,11-12H2,1-2H3;(H,6,7). The van der Waals surface area contributed by atoms with Gasteiger partial charge in [0.1, 0.15) is 0 Å². The maximum absolute atomic E-state index is 12.9. The van der Waals surface area contributed by atoms with Crippen LogP contribution in [-0.4, -0.2) is 77.6 Å². The molecule has 174 valence electrons. The Morgan fingerprint density at radius 2 is 1.88 bits per heavy atom. The molecule has 4 heterocycles. The number of carboxylic acid groups (broad SMARTS) is 1. The van der Waals surface area contributed by atoms with E-state index in [-0.39, 0.29) is 17.4 Å². The molecule has 2 fully saturated rings. The van der Waals surface area contributed by atoms with Gasteiger partial charge in [0.15, 0.2) is 0 Å². The van der Waals surface area contributed by atoms with Crippen molar-refractivity contribution in [3.05, 3.63) is 38.7 Å². The number of thiophene rings is 2. The monoisotopic (exact) mass is 489 g/mol. The number of rotatable bonds is 2. The molecule has 4 rings (SSSR count). The lowest BCUT2D eigenvalue weighted by atomic mass is 9.93. The van der Waals surface area contributed by atoms with Crippen molar-refractivity contribution in [1.29, 1.82) is 0 Å². The number of carboxylic acids is 1. The van der Waals surface area contributed by atoms with E-state index in [1.165, 1.54) is 11.3 Å². The van der Waals surface area contributed by atoms with Crippen molar-refractivity contribution in [2.45, 2.75) is 25.1 Å². The number of alkyl halides is 3. The number of hydrogen-bond acceptors (Lipinski definition) is 6. The molecule has 32 heavy (non-hydrogen) atoms. The molecule has 0 aliphatic carbocycles. The number of piperazine rings is 1. The molecule has 1 N–H and O–H groups in total. The second-order valence-electron chi connectivity index (χ2n) is 7.75. The normalized spacial score (nSPS) is 21.6. The molecule has 1 unspecified atom stereocenters. The Labute approximate surface area is 190 Å². The summed E-state index contributed by atoms with van der Waals surface area (Å²) in [7, 11) is 2.01. The third kappa shape index (κ3) is 4.97. The Hall–Kier alpha value is -2.44. The summed E-state index contributed by atoms with van der Waals surface area (Å²) in [6, 6.07) is 3.99. The van der Waals surface area contributed by atoms with E-state index in [1.807, 2.05) is 52.0 Å². The lowest BCUT2D eigenvalue weighted by Crippen LogP contribution is -2.64. The Morgan fingerprint density at radius 3 is 2.41 bits per heavy atom. The van der Waals surface area contributed by atoms with Crippen molar-refractivity contribution in [1.82, 2.24) is 9.80 Å². The summed E-state index contributed by atoms with van der Waals surface area (Å²) in [5.74, 6) is -2.50. The van der Waals surface area contributed by atoms with Gasteiger partial charge in [-0.2, -0.15) is 24.5 Å². The zero-order valence-corrected chi connectivity index (χ0v) is 19.0. The minimum atomic E-state index is -5.08.